The van der Waals surface area contributed by atoms with E-state index < -0.39 is 8.07 Å². The topological polar surface area (TPSA) is 17.8 Å². The molecule has 0 fully saturated rings. The SMILES string of the molecule is C[Si]1(C)c2ccccc2-c2cc3c(cc21)c1ccccc1n3-c1cc(-c2cccc3ccccc23)ccn1. The zero-order valence-corrected chi connectivity index (χ0v) is 22.4. The summed E-state index contributed by atoms with van der Waals surface area (Å²) in [7, 11) is -1.76. The number of para-hydroxylation sites is 1. The number of hydrogen-bond acceptors (Lipinski definition) is 1. The molecule has 0 spiro atoms. The van der Waals surface area contributed by atoms with Gasteiger partial charge in [-0.3, -0.25) is 4.57 Å². The molecule has 180 valence electrons. The Bertz CT molecular complexity index is 2060. The van der Waals surface area contributed by atoms with Gasteiger partial charge in [0.2, 0.25) is 0 Å². The molecular weight excluding hydrogens is 476 g/mol. The predicted octanol–water partition coefficient (Wildman–Crippen LogP) is 7.80. The van der Waals surface area contributed by atoms with Gasteiger partial charge in [-0.25, -0.2) is 4.98 Å². The van der Waals surface area contributed by atoms with Crippen LogP contribution in [0.3, 0.4) is 0 Å². The molecule has 3 heterocycles. The maximum absolute atomic E-state index is 4.93. The minimum Gasteiger partial charge on any atom is -0.294 e. The van der Waals surface area contributed by atoms with Crippen molar-refractivity contribution in [2.45, 2.75) is 13.1 Å². The first-order valence-corrected chi connectivity index (χ1v) is 16.2. The standard InChI is InChI=1S/C35H26N2Si/c1-38(2)33-17-8-6-14-28(33)30-21-32-29(22-34(30)38)27-13-5-7-16-31(27)37(32)35-20-24(18-19-36-35)26-15-9-11-23-10-3-4-12-25(23)26/h3-22H,1-2H3. The van der Waals surface area contributed by atoms with Gasteiger partial charge >= 0.3 is 0 Å². The van der Waals surface area contributed by atoms with Crippen molar-refractivity contribution in [1.29, 1.82) is 0 Å². The first-order valence-electron chi connectivity index (χ1n) is 13.2. The molecule has 2 aromatic heterocycles. The van der Waals surface area contributed by atoms with Crippen LogP contribution in [0.15, 0.2) is 121 Å². The fourth-order valence-electron chi connectivity index (χ4n) is 6.60. The van der Waals surface area contributed by atoms with Crippen molar-refractivity contribution in [3.8, 4) is 28.1 Å². The molecule has 0 N–H and O–H groups in total. The number of nitrogens with zero attached hydrogens (tertiary/aromatic N) is 2. The summed E-state index contributed by atoms with van der Waals surface area (Å²) in [5.41, 5.74) is 7.61. The van der Waals surface area contributed by atoms with Crippen LogP contribution in [-0.4, -0.2) is 17.6 Å². The summed E-state index contributed by atoms with van der Waals surface area (Å²) < 4.78 is 2.36. The molecule has 3 heteroatoms. The average molecular weight is 503 g/mol. The minimum atomic E-state index is -1.76. The highest BCUT2D eigenvalue weighted by molar-refractivity contribution is 7.04. The van der Waals surface area contributed by atoms with Gasteiger partial charge in [0.1, 0.15) is 13.9 Å². The van der Waals surface area contributed by atoms with Crippen molar-refractivity contribution in [3.63, 3.8) is 0 Å². The van der Waals surface area contributed by atoms with Crippen molar-refractivity contribution < 1.29 is 0 Å². The zero-order valence-electron chi connectivity index (χ0n) is 21.4. The van der Waals surface area contributed by atoms with E-state index in [4.69, 9.17) is 4.98 Å². The summed E-state index contributed by atoms with van der Waals surface area (Å²) in [5.74, 6) is 0.948. The molecule has 0 saturated heterocycles. The molecule has 0 atom stereocenters. The molecule has 5 aromatic carbocycles. The van der Waals surface area contributed by atoms with Crippen LogP contribution in [0.2, 0.25) is 13.1 Å². The second-order valence-corrected chi connectivity index (χ2v) is 15.2. The largest absolute Gasteiger partial charge is 0.294 e. The van der Waals surface area contributed by atoms with E-state index in [2.05, 4.69) is 133 Å². The molecule has 0 bridgehead atoms. The third-order valence-corrected chi connectivity index (χ3v) is 12.0. The zero-order chi connectivity index (χ0) is 25.4. The van der Waals surface area contributed by atoms with Crippen LogP contribution in [0.25, 0.3) is 60.6 Å². The first-order chi connectivity index (χ1) is 18.6. The van der Waals surface area contributed by atoms with E-state index in [1.165, 1.54) is 65.2 Å². The Morgan fingerprint density at radius 1 is 0.553 bits per heavy atom. The molecule has 1 aliphatic rings. The number of fused-ring (bicyclic) bond motifs is 7. The lowest BCUT2D eigenvalue weighted by atomic mass is 9.99. The average Bonchev–Trinajstić information content (AvgIpc) is 3.40. The van der Waals surface area contributed by atoms with E-state index in [0.717, 1.165) is 5.82 Å². The summed E-state index contributed by atoms with van der Waals surface area (Å²) in [6.07, 6.45) is 1.95. The molecule has 0 aliphatic carbocycles. The maximum Gasteiger partial charge on any atom is 0.138 e. The van der Waals surface area contributed by atoms with E-state index in [9.17, 15) is 0 Å². The van der Waals surface area contributed by atoms with Crippen LogP contribution < -0.4 is 10.4 Å². The fraction of sp³-hybridized carbons (Fsp3) is 0.0571. The molecule has 0 saturated carbocycles. The number of hydrogen-bond donors (Lipinski definition) is 0. The van der Waals surface area contributed by atoms with Crippen molar-refractivity contribution in [2.75, 3.05) is 0 Å². The van der Waals surface area contributed by atoms with E-state index in [0.29, 0.717) is 0 Å². The molecular formula is C35H26N2Si. The minimum absolute atomic E-state index is 0.948. The highest BCUT2D eigenvalue weighted by atomic mass is 28.3. The van der Waals surface area contributed by atoms with E-state index in [-0.39, 0.29) is 0 Å². The summed E-state index contributed by atoms with van der Waals surface area (Å²) >= 11 is 0. The van der Waals surface area contributed by atoms with Gasteiger partial charge in [0.05, 0.1) is 11.0 Å². The summed E-state index contributed by atoms with van der Waals surface area (Å²) in [4.78, 5) is 4.93. The summed E-state index contributed by atoms with van der Waals surface area (Å²) in [6, 6.07) is 42.2. The van der Waals surface area contributed by atoms with Crippen molar-refractivity contribution in [3.05, 3.63) is 121 Å². The summed E-state index contributed by atoms with van der Waals surface area (Å²) in [5, 5.41) is 8.17. The highest BCUT2D eigenvalue weighted by Crippen LogP contribution is 2.38. The van der Waals surface area contributed by atoms with Crippen LogP contribution in [0.5, 0.6) is 0 Å². The van der Waals surface area contributed by atoms with Gasteiger partial charge in [0.25, 0.3) is 0 Å². The van der Waals surface area contributed by atoms with Gasteiger partial charge in [0.15, 0.2) is 0 Å². The van der Waals surface area contributed by atoms with Crippen LogP contribution in [0.1, 0.15) is 0 Å². The second kappa shape index (κ2) is 7.76. The molecule has 2 nitrogen and oxygen atoms in total. The fourth-order valence-corrected chi connectivity index (χ4v) is 9.68. The Balaban J connectivity index is 1.42. The number of benzene rings is 5. The third-order valence-electron chi connectivity index (χ3n) is 8.45. The first kappa shape index (κ1) is 21.6. The lowest BCUT2D eigenvalue weighted by Gasteiger charge is -2.18. The lowest BCUT2D eigenvalue weighted by Crippen LogP contribution is -2.49. The molecule has 0 amide bonds. The van der Waals surface area contributed by atoms with Gasteiger partial charge < -0.3 is 0 Å². The van der Waals surface area contributed by atoms with E-state index in [1.54, 1.807) is 0 Å². The van der Waals surface area contributed by atoms with Gasteiger partial charge in [0, 0.05) is 17.0 Å². The lowest BCUT2D eigenvalue weighted by molar-refractivity contribution is 1.08. The predicted molar refractivity (Wildman–Crippen MR) is 164 cm³/mol. The van der Waals surface area contributed by atoms with Crippen LogP contribution in [-0.2, 0) is 0 Å². The van der Waals surface area contributed by atoms with Crippen LogP contribution >= 0.6 is 0 Å². The molecule has 38 heavy (non-hydrogen) atoms. The smallest absolute Gasteiger partial charge is 0.138 e. The quantitative estimate of drug-likeness (QED) is 0.221. The summed E-state index contributed by atoms with van der Waals surface area (Å²) in [6.45, 7) is 4.97. The molecule has 1 aliphatic heterocycles. The number of aromatic nitrogens is 2. The maximum atomic E-state index is 4.93. The Hall–Kier alpha value is -4.47. The van der Waals surface area contributed by atoms with Crippen molar-refractivity contribution >= 4 is 51.0 Å². The normalized spacial score (nSPS) is 13.7. The van der Waals surface area contributed by atoms with E-state index >= 15 is 0 Å². The second-order valence-electron chi connectivity index (χ2n) is 10.9. The highest BCUT2D eigenvalue weighted by Gasteiger charge is 2.37. The molecule has 0 radical (unpaired) electrons. The Kier molecular flexibility index (Phi) is 4.41. The number of rotatable bonds is 2. The van der Waals surface area contributed by atoms with Gasteiger partial charge in [-0.1, -0.05) is 104 Å². The van der Waals surface area contributed by atoms with Crippen LogP contribution in [0.4, 0.5) is 0 Å². The third kappa shape index (κ3) is 2.91. The van der Waals surface area contributed by atoms with Gasteiger partial charge in [-0.05, 0) is 67.7 Å². The monoisotopic (exact) mass is 502 g/mol. The molecule has 0 unspecified atom stereocenters. The van der Waals surface area contributed by atoms with Crippen molar-refractivity contribution in [1.82, 2.24) is 9.55 Å². The molecule has 7 aromatic rings. The van der Waals surface area contributed by atoms with Crippen molar-refractivity contribution in [2.24, 2.45) is 0 Å². The van der Waals surface area contributed by atoms with Crippen LogP contribution in [0, 0.1) is 0 Å². The van der Waals surface area contributed by atoms with Gasteiger partial charge in [-0.2, -0.15) is 0 Å². The van der Waals surface area contributed by atoms with E-state index in [1.807, 2.05) is 6.20 Å². The van der Waals surface area contributed by atoms with Gasteiger partial charge in [-0.15, -0.1) is 0 Å². The Morgan fingerprint density at radius 2 is 1.29 bits per heavy atom. The number of pyridine rings is 1. The Labute approximate surface area is 222 Å². The molecule has 8 rings (SSSR count). The Morgan fingerprint density at radius 3 is 2.21 bits per heavy atom.